The van der Waals surface area contributed by atoms with E-state index in [9.17, 15) is 9.90 Å². The standard InChI is InChI=1S/C29H35N3O2/c33-21-27-29(25-13-11-23(12-14-25)10-9-22-6-1-2-7-22)26-20-31(16-3-4-17-32(26)27)28(34)18-24-8-5-15-30-19-24/h5,8,11-15,19,22,26-27,29,33H,1-4,6-7,16-18,20-21H2/t26-,27+,29+/m1/s1. The van der Waals surface area contributed by atoms with Crippen LogP contribution in [0.1, 0.15) is 61.1 Å². The van der Waals surface area contributed by atoms with Crippen LogP contribution in [0.25, 0.3) is 0 Å². The van der Waals surface area contributed by atoms with Gasteiger partial charge in [0.15, 0.2) is 0 Å². The normalized spacial score (nSPS) is 25.4. The van der Waals surface area contributed by atoms with Crippen LogP contribution in [-0.4, -0.2) is 64.1 Å². The van der Waals surface area contributed by atoms with Crippen molar-refractivity contribution in [3.8, 4) is 11.8 Å². The lowest BCUT2D eigenvalue weighted by atomic mass is 9.74. The van der Waals surface area contributed by atoms with Crippen molar-refractivity contribution in [2.75, 3.05) is 26.2 Å². The summed E-state index contributed by atoms with van der Waals surface area (Å²) in [7, 11) is 0. The van der Waals surface area contributed by atoms with Crippen molar-refractivity contribution in [1.29, 1.82) is 0 Å². The van der Waals surface area contributed by atoms with E-state index < -0.39 is 0 Å². The maximum Gasteiger partial charge on any atom is 0.227 e. The van der Waals surface area contributed by atoms with Crippen LogP contribution in [-0.2, 0) is 11.2 Å². The topological polar surface area (TPSA) is 56.7 Å². The van der Waals surface area contributed by atoms with E-state index in [0.717, 1.165) is 37.1 Å². The largest absolute Gasteiger partial charge is 0.395 e. The van der Waals surface area contributed by atoms with E-state index in [1.807, 2.05) is 17.0 Å². The number of nitrogens with zero attached hydrogens (tertiary/aromatic N) is 3. The molecule has 1 saturated carbocycles. The number of aromatic nitrogens is 1. The highest BCUT2D eigenvalue weighted by Crippen LogP contribution is 2.42. The summed E-state index contributed by atoms with van der Waals surface area (Å²) in [5.74, 6) is 7.77. The lowest BCUT2D eigenvalue weighted by molar-refractivity contribution is -0.135. The Morgan fingerprint density at radius 2 is 1.85 bits per heavy atom. The predicted molar refractivity (Wildman–Crippen MR) is 133 cm³/mol. The molecule has 0 spiro atoms. The molecule has 3 heterocycles. The van der Waals surface area contributed by atoms with Crippen molar-refractivity contribution < 1.29 is 9.90 Å². The van der Waals surface area contributed by atoms with Crippen molar-refractivity contribution in [3.63, 3.8) is 0 Å². The first-order valence-electron chi connectivity index (χ1n) is 12.9. The van der Waals surface area contributed by atoms with Crippen LogP contribution in [0.3, 0.4) is 0 Å². The lowest BCUT2D eigenvalue weighted by Gasteiger charge is -2.57. The second-order valence-electron chi connectivity index (χ2n) is 10.0. The summed E-state index contributed by atoms with van der Waals surface area (Å²) < 4.78 is 0. The summed E-state index contributed by atoms with van der Waals surface area (Å²) in [5, 5.41) is 10.2. The molecular weight excluding hydrogens is 422 g/mol. The zero-order valence-electron chi connectivity index (χ0n) is 19.9. The molecule has 1 N–H and O–H groups in total. The summed E-state index contributed by atoms with van der Waals surface area (Å²) in [4.78, 5) is 21.7. The maximum atomic E-state index is 13.1. The molecular formula is C29H35N3O2. The number of aliphatic hydroxyl groups excluding tert-OH is 1. The Balaban J connectivity index is 1.30. The monoisotopic (exact) mass is 457 g/mol. The molecule has 34 heavy (non-hydrogen) atoms. The molecule has 2 aliphatic heterocycles. The Labute approximate surface area is 203 Å². The van der Waals surface area contributed by atoms with E-state index in [-0.39, 0.29) is 30.5 Å². The van der Waals surface area contributed by atoms with E-state index in [1.165, 1.54) is 31.2 Å². The Morgan fingerprint density at radius 3 is 2.59 bits per heavy atom. The zero-order chi connectivity index (χ0) is 23.3. The molecule has 1 aromatic carbocycles. The van der Waals surface area contributed by atoms with Crippen LogP contribution in [0.5, 0.6) is 0 Å². The Morgan fingerprint density at radius 1 is 1.06 bits per heavy atom. The van der Waals surface area contributed by atoms with Gasteiger partial charge in [-0.05, 0) is 61.6 Å². The zero-order valence-corrected chi connectivity index (χ0v) is 19.9. The van der Waals surface area contributed by atoms with Crippen molar-refractivity contribution >= 4 is 5.91 Å². The molecule has 1 aromatic heterocycles. The van der Waals surface area contributed by atoms with Gasteiger partial charge in [0.1, 0.15) is 0 Å². The summed E-state index contributed by atoms with van der Waals surface area (Å²) >= 11 is 0. The summed E-state index contributed by atoms with van der Waals surface area (Å²) in [6, 6.07) is 12.8. The average Bonchev–Trinajstić information content (AvgIpc) is 3.37. The molecule has 178 valence electrons. The molecule has 5 rings (SSSR count). The quantitative estimate of drug-likeness (QED) is 0.713. The van der Waals surface area contributed by atoms with Gasteiger partial charge < -0.3 is 10.0 Å². The summed E-state index contributed by atoms with van der Waals surface area (Å²) in [6.07, 6.45) is 11.0. The average molecular weight is 458 g/mol. The molecule has 2 aromatic rings. The number of benzene rings is 1. The van der Waals surface area contributed by atoms with Crippen LogP contribution in [0, 0.1) is 17.8 Å². The minimum absolute atomic E-state index is 0.119. The minimum atomic E-state index is 0.119. The minimum Gasteiger partial charge on any atom is -0.395 e. The van der Waals surface area contributed by atoms with Crippen molar-refractivity contribution in [2.24, 2.45) is 5.92 Å². The number of pyridine rings is 1. The Bertz CT molecular complexity index is 1020. The lowest BCUT2D eigenvalue weighted by Crippen LogP contribution is -2.68. The fourth-order valence-electron chi connectivity index (χ4n) is 6.00. The summed E-state index contributed by atoms with van der Waals surface area (Å²) in [5.41, 5.74) is 3.27. The van der Waals surface area contributed by atoms with E-state index in [2.05, 4.69) is 46.0 Å². The third-order valence-electron chi connectivity index (χ3n) is 7.87. The van der Waals surface area contributed by atoms with Gasteiger partial charge in [0, 0.05) is 55.0 Å². The Hall–Kier alpha value is -2.68. The third kappa shape index (κ3) is 5.04. The van der Waals surface area contributed by atoms with E-state index >= 15 is 0 Å². The molecule has 3 fully saturated rings. The number of hydrogen-bond donors (Lipinski definition) is 1. The first-order chi connectivity index (χ1) is 16.7. The van der Waals surface area contributed by atoms with Crippen LogP contribution in [0.15, 0.2) is 48.8 Å². The number of hydrogen-bond acceptors (Lipinski definition) is 4. The molecule has 0 unspecified atom stereocenters. The van der Waals surface area contributed by atoms with Gasteiger partial charge in [-0.15, -0.1) is 0 Å². The van der Waals surface area contributed by atoms with Crippen molar-refractivity contribution in [1.82, 2.24) is 14.8 Å². The number of carbonyl (C=O) groups excluding carboxylic acids is 1. The first-order valence-corrected chi connectivity index (χ1v) is 12.9. The van der Waals surface area contributed by atoms with Crippen LogP contribution < -0.4 is 0 Å². The number of aliphatic hydroxyl groups is 1. The predicted octanol–water partition coefficient (Wildman–Crippen LogP) is 3.62. The molecule has 1 aliphatic carbocycles. The second kappa shape index (κ2) is 10.7. The molecule has 5 nitrogen and oxygen atoms in total. The molecule has 3 aliphatic rings. The van der Waals surface area contributed by atoms with Gasteiger partial charge in [-0.3, -0.25) is 14.7 Å². The number of amides is 1. The highest BCUT2D eigenvalue weighted by molar-refractivity contribution is 5.78. The van der Waals surface area contributed by atoms with Gasteiger partial charge in [0.25, 0.3) is 0 Å². The molecule has 2 saturated heterocycles. The van der Waals surface area contributed by atoms with E-state index in [0.29, 0.717) is 18.9 Å². The SMILES string of the molecule is O=C(Cc1cccnc1)N1CCCCN2[C@H](C1)[C@H](c1ccc(C#CC3CCCC3)cc1)[C@@H]2CO. The molecule has 3 atom stereocenters. The van der Waals surface area contributed by atoms with Gasteiger partial charge in [-0.25, -0.2) is 0 Å². The van der Waals surface area contributed by atoms with Gasteiger partial charge in [0.05, 0.1) is 13.0 Å². The van der Waals surface area contributed by atoms with E-state index in [4.69, 9.17) is 0 Å². The van der Waals surface area contributed by atoms with Gasteiger partial charge >= 0.3 is 0 Å². The third-order valence-corrected chi connectivity index (χ3v) is 7.87. The van der Waals surface area contributed by atoms with Crippen molar-refractivity contribution in [3.05, 3.63) is 65.5 Å². The molecule has 1 amide bonds. The Kier molecular flexibility index (Phi) is 7.27. The number of carbonyl (C=O) groups is 1. The summed E-state index contributed by atoms with van der Waals surface area (Å²) in [6.45, 7) is 2.65. The number of fused-ring (bicyclic) bond motifs is 1. The molecule has 5 heteroatoms. The second-order valence-corrected chi connectivity index (χ2v) is 10.0. The first kappa shape index (κ1) is 23.1. The van der Waals surface area contributed by atoms with Gasteiger partial charge in [-0.2, -0.15) is 0 Å². The van der Waals surface area contributed by atoms with Crippen LogP contribution in [0.4, 0.5) is 0 Å². The van der Waals surface area contributed by atoms with E-state index in [1.54, 1.807) is 12.4 Å². The van der Waals surface area contributed by atoms with Crippen LogP contribution >= 0.6 is 0 Å². The highest BCUT2D eigenvalue weighted by atomic mass is 16.3. The fraction of sp³-hybridized carbons (Fsp3) is 0.517. The molecule has 0 bridgehead atoms. The van der Waals surface area contributed by atoms with Crippen molar-refractivity contribution in [2.45, 2.75) is 62.9 Å². The number of rotatable bonds is 4. The van der Waals surface area contributed by atoms with Crippen LogP contribution in [0.2, 0.25) is 0 Å². The fourth-order valence-corrected chi connectivity index (χ4v) is 6.00. The smallest absolute Gasteiger partial charge is 0.227 e. The van der Waals surface area contributed by atoms with Gasteiger partial charge in [0.2, 0.25) is 5.91 Å². The molecule has 0 radical (unpaired) electrons. The van der Waals surface area contributed by atoms with Gasteiger partial charge in [-0.1, -0.05) is 42.9 Å². The highest BCUT2D eigenvalue weighted by Gasteiger charge is 2.49. The maximum absolute atomic E-state index is 13.1.